The second-order valence-corrected chi connectivity index (χ2v) is 8.21. The van der Waals surface area contributed by atoms with Crippen LogP contribution in [0.15, 0.2) is 17.5 Å². The van der Waals surface area contributed by atoms with Crippen molar-refractivity contribution in [1.29, 1.82) is 0 Å². The van der Waals surface area contributed by atoms with Crippen molar-refractivity contribution in [3.05, 3.63) is 44.3 Å². The number of nitrogens with one attached hydrogen (secondary N) is 3. The summed E-state index contributed by atoms with van der Waals surface area (Å²) in [7, 11) is 0. The molecule has 4 rings (SSSR count). The third-order valence-corrected chi connectivity index (χ3v) is 6.15. The van der Waals surface area contributed by atoms with Gasteiger partial charge in [0.2, 0.25) is 0 Å². The van der Waals surface area contributed by atoms with Gasteiger partial charge in [-0.1, -0.05) is 0 Å². The van der Waals surface area contributed by atoms with Crippen LogP contribution in [0.4, 0.5) is 0 Å². The summed E-state index contributed by atoms with van der Waals surface area (Å²) in [5, 5.41) is 16.6. The number of H-pyrrole nitrogens is 1. The van der Waals surface area contributed by atoms with Crippen molar-refractivity contribution in [2.45, 2.75) is 26.3 Å². The summed E-state index contributed by atoms with van der Waals surface area (Å²) in [6.45, 7) is 4.25. The van der Waals surface area contributed by atoms with Gasteiger partial charge in [0.15, 0.2) is 5.69 Å². The molecule has 0 aromatic carbocycles. The van der Waals surface area contributed by atoms with E-state index in [0.717, 1.165) is 41.3 Å². The average molecular weight is 374 g/mol. The monoisotopic (exact) mass is 373 g/mol. The van der Waals surface area contributed by atoms with Crippen LogP contribution in [-0.2, 0) is 19.4 Å². The van der Waals surface area contributed by atoms with Gasteiger partial charge < -0.3 is 10.6 Å². The van der Waals surface area contributed by atoms with E-state index in [4.69, 9.17) is 0 Å². The van der Waals surface area contributed by atoms with Gasteiger partial charge in [-0.15, -0.1) is 22.7 Å². The van der Waals surface area contributed by atoms with Gasteiger partial charge in [-0.05, 0) is 25.5 Å². The number of aryl methyl sites for hydroxylation is 1. The normalized spacial score (nSPS) is 13.6. The first-order valence-corrected chi connectivity index (χ1v) is 9.96. The van der Waals surface area contributed by atoms with Crippen LogP contribution >= 0.6 is 22.7 Å². The van der Waals surface area contributed by atoms with Gasteiger partial charge in [-0.3, -0.25) is 9.89 Å². The molecular weight excluding hydrogens is 354 g/mol. The third kappa shape index (κ3) is 3.51. The summed E-state index contributed by atoms with van der Waals surface area (Å²) in [4.78, 5) is 19.3. The lowest BCUT2D eigenvalue weighted by Crippen LogP contribution is -2.29. The SMILES string of the molecule is Cc1nc(-c2ccc(CCNC(=O)c3n[nH]c4c3CNCC4)s2)cs1. The van der Waals surface area contributed by atoms with Crippen LogP contribution in [0.25, 0.3) is 10.6 Å². The predicted octanol–water partition coefficient (Wildman–Crippen LogP) is 2.52. The quantitative estimate of drug-likeness (QED) is 0.642. The summed E-state index contributed by atoms with van der Waals surface area (Å²) < 4.78 is 0. The molecule has 0 unspecified atom stereocenters. The van der Waals surface area contributed by atoms with E-state index in [0.29, 0.717) is 18.8 Å². The highest BCUT2D eigenvalue weighted by atomic mass is 32.1. The third-order valence-electron chi connectivity index (χ3n) is 4.21. The molecule has 0 spiro atoms. The van der Waals surface area contributed by atoms with Crippen molar-refractivity contribution in [3.8, 4) is 10.6 Å². The molecule has 130 valence electrons. The molecule has 0 aliphatic carbocycles. The van der Waals surface area contributed by atoms with E-state index in [1.54, 1.807) is 22.7 Å². The number of hydrogen-bond acceptors (Lipinski definition) is 6. The molecule has 0 saturated heterocycles. The topological polar surface area (TPSA) is 82.7 Å². The maximum absolute atomic E-state index is 12.4. The number of rotatable bonds is 5. The molecule has 0 atom stereocenters. The number of nitrogens with zero attached hydrogens (tertiary/aromatic N) is 2. The molecule has 8 heteroatoms. The zero-order valence-corrected chi connectivity index (χ0v) is 15.5. The summed E-state index contributed by atoms with van der Waals surface area (Å²) in [6.07, 6.45) is 1.70. The van der Waals surface area contributed by atoms with E-state index < -0.39 is 0 Å². The molecule has 6 nitrogen and oxygen atoms in total. The number of amides is 1. The van der Waals surface area contributed by atoms with Gasteiger partial charge >= 0.3 is 0 Å². The van der Waals surface area contributed by atoms with Crippen molar-refractivity contribution >= 4 is 28.6 Å². The Morgan fingerprint density at radius 1 is 1.40 bits per heavy atom. The highest BCUT2D eigenvalue weighted by Gasteiger charge is 2.21. The van der Waals surface area contributed by atoms with Crippen LogP contribution < -0.4 is 10.6 Å². The first-order chi connectivity index (χ1) is 12.2. The molecule has 0 fully saturated rings. The molecule has 0 radical (unpaired) electrons. The largest absolute Gasteiger partial charge is 0.350 e. The van der Waals surface area contributed by atoms with Crippen molar-refractivity contribution < 1.29 is 4.79 Å². The maximum Gasteiger partial charge on any atom is 0.272 e. The van der Waals surface area contributed by atoms with E-state index in [1.807, 2.05) is 6.92 Å². The Labute approximate surface area is 153 Å². The molecule has 3 aromatic heterocycles. The van der Waals surface area contributed by atoms with Crippen LogP contribution in [0.3, 0.4) is 0 Å². The Balaban J connectivity index is 1.34. The zero-order chi connectivity index (χ0) is 17.2. The molecule has 25 heavy (non-hydrogen) atoms. The van der Waals surface area contributed by atoms with E-state index in [1.165, 1.54) is 9.75 Å². The summed E-state index contributed by atoms with van der Waals surface area (Å²) in [5.74, 6) is -0.104. The smallest absolute Gasteiger partial charge is 0.272 e. The fourth-order valence-corrected chi connectivity index (χ4v) is 4.58. The second-order valence-electron chi connectivity index (χ2n) is 5.98. The van der Waals surface area contributed by atoms with Gasteiger partial charge in [-0.25, -0.2) is 4.98 Å². The Hall–Kier alpha value is -2.03. The Morgan fingerprint density at radius 2 is 2.32 bits per heavy atom. The molecule has 1 amide bonds. The maximum atomic E-state index is 12.4. The lowest BCUT2D eigenvalue weighted by molar-refractivity contribution is 0.0948. The lowest BCUT2D eigenvalue weighted by Gasteiger charge is -2.12. The fourth-order valence-electron chi connectivity index (χ4n) is 2.92. The molecule has 1 aliphatic rings. The van der Waals surface area contributed by atoms with Crippen LogP contribution in [0, 0.1) is 6.92 Å². The number of carbonyl (C=O) groups excluding carboxylic acids is 1. The minimum atomic E-state index is -0.104. The highest BCUT2D eigenvalue weighted by Crippen LogP contribution is 2.29. The van der Waals surface area contributed by atoms with Gasteiger partial charge in [0.25, 0.3) is 5.91 Å². The lowest BCUT2D eigenvalue weighted by atomic mass is 10.1. The Bertz CT molecular complexity index is 895. The molecule has 4 heterocycles. The molecule has 0 saturated carbocycles. The number of thiophene rings is 1. The number of carbonyl (C=O) groups is 1. The predicted molar refractivity (Wildman–Crippen MR) is 100 cm³/mol. The Kier molecular flexibility index (Phi) is 4.65. The van der Waals surface area contributed by atoms with Crippen molar-refractivity contribution in [1.82, 2.24) is 25.8 Å². The first kappa shape index (κ1) is 16.4. The minimum absolute atomic E-state index is 0.104. The standard InChI is InChI=1S/C17H19N5OS2/c1-10-20-14(9-24-10)15-3-2-11(25-15)4-7-19-17(23)16-12-8-18-6-5-13(12)21-22-16/h2-3,9,18H,4-8H2,1H3,(H,19,23)(H,21,22). The number of aromatic nitrogens is 3. The number of fused-ring (bicyclic) bond motifs is 1. The van der Waals surface area contributed by atoms with E-state index in [2.05, 4.69) is 43.3 Å². The average Bonchev–Trinajstić information content (AvgIpc) is 3.33. The van der Waals surface area contributed by atoms with Crippen molar-refractivity contribution in [2.24, 2.45) is 0 Å². The van der Waals surface area contributed by atoms with Gasteiger partial charge in [0, 0.05) is 47.6 Å². The number of thiazole rings is 1. The molecule has 3 N–H and O–H groups in total. The Morgan fingerprint density at radius 3 is 3.16 bits per heavy atom. The molecule has 1 aliphatic heterocycles. The second kappa shape index (κ2) is 7.07. The zero-order valence-electron chi connectivity index (χ0n) is 13.9. The molecule has 0 bridgehead atoms. The van der Waals surface area contributed by atoms with E-state index >= 15 is 0 Å². The molecular formula is C17H19N5OS2. The van der Waals surface area contributed by atoms with Crippen LogP contribution in [0.1, 0.15) is 31.6 Å². The summed E-state index contributed by atoms with van der Waals surface area (Å²) >= 11 is 3.40. The van der Waals surface area contributed by atoms with Crippen molar-refractivity contribution in [3.63, 3.8) is 0 Å². The van der Waals surface area contributed by atoms with Crippen molar-refractivity contribution in [2.75, 3.05) is 13.1 Å². The fraction of sp³-hybridized carbons (Fsp3) is 0.353. The highest BCUT2D eigenvalue weighted by molar-refractivity contribution is 7.16. The van der Waals surface area contributed by atoms with Gasteiger partial charge in [-0.2, -0.15) is 5.10 Å². The number of aromatic amines is 1. The molecule has 3 aromatic rings. The number of hydrogen-bond donors (Lipinski definition) is 3. The van der Waals surface area contributed by atoms with Crippen LogP contribution in [0.5, 0.6) is 0 Å². The minimum Gasteiger partial charge on any atom is -0.350 e. The van der Waals surface area contributed by atoms with Gasteiger partial charge in [0.1, 0.15) is 0 Å². The van der Waals surface area contributed by atoms with Crippen LogP contribution in [-0.4, -0.2) is 34.2 Å². The summed E-state index contributed by atoms with van der Waals surface area (Å²) in [5.41, 5.74) is 3.64. The van der Waals surface area contributed by atoms with E-state index in [-0.39, 0.29) is 5.91 Å². The van der Waals surface area contributed by atoms with Gasteiger partial charge in [0.05, 0.1) is 15.6 Å². The first-order valence-electron chi connectivity index (χ1n) is 8.27. The van der Waals surface area contributed by atoms with Crippen LogP contribution in [0.2, 0.25) is 0 Å². The van der Waals surface area contributed by atoms with E-state index in [9.17, 15) is 4.79 Å². The summed E-state index contributed by atoms with van der Waals surface area (Å²) in [6, 6.07) is 4.22.